The molecule has 4 heterocycles. The molecule has 0 radical (unpaired) electrons. The lowest BCUT2D eigenvalue weighted by molar-refractivity contribution is -0.126. The molecule has 1 amide bonds. The van der Waals surface area contributed by atoms with Crippen molar-refractivity contribution in [1.82, 2.24) is 20.5 Å². The summed E-state index contributed by atoms with van der Waals surface area (Å²) in [6.07, 6.45) is 6.26. The number of aromatic nitrogens is 3. The van der Waals surface area contributed by atoms with Crippen molar-refractivity contribution in [2.45, 2.75) is 32.6 Å². The largest absolute Gasteiger partial charge is 0.367 e. The topological polar surface area (TPSA) is 73.9 Å². The summed E-state index contributed by atoms with van der Waals surface area (Å²) in [4.78, 5) is 17.6. The fourth-order valence-corrected chi connectivity index (χ4v) is 5.10. The molecular weight excluding hydrogens is 412 g/mol. The Morgan fingerprint density at radius 2 is 1.72 bits per heavy atom. The number of benzene rings is 1. The van der Waals surface area contributed by atoms with Gasteiger partial charge in [-0.1, -0.05) is 0 Å². The summed E-state index contributed by atoms with van der Waals surface area (Å²) in [7, 11) is 0. The molecule has 0 bridgehead atoms. The number of carbonyl (C=O) groups excluding carboxylic acids is 1. The molecule has 2 aromatic heterocycles. The third-order valence-corrected chi connectivity index (χ3v) is 6.86. The Balaban J connectivity index is 1.43. The number of rotatable bonds is 3. The number of pyridine rings is 1. The summed E-state index contributed by atoms with van der Waals surface area (Å²) in [5, 5.41) is 10.1. The molecule has 0 atom stereocenters. The van der Waals surface area contributed by atoms with E-state index in [1.807, 2.05) is 19.1 Å². The molecule has 166 valence electrons. The Bertz CT molecular complexity index is 1130. The number of hydrogen-bond acceptors (Lipinski definition) is 4. The number of carbonyl (C=O) groups is 1. The molecule has 0 aliphatic carbocycles. The average molecular weight is 437 g/mol. The molecule has 1 aromatic carbocycles. The first kappa shape index (κ1) is 20.6. The van der Waals surface area contributed by atoms with Crippen LogP contribution in [-0.2, 0) is 4.79 Å². The third-order valence-electron chi connectivity index (χ3n) is 6.86. The maximum Gasteiger partial charge on any atom is 0.220 e. The fourth-order valence-electron chi connectivity index (χ4n) is 5.10. The number of piperidine rings is 2. The first-order valence-electron chi connectivity index (χ1n) is 10.9. The van der Waals surface area contributed by atoms with E-state index < -0.39 is 11.6 Å². The molecule has 0 saturated carbocycles. The summed E-state index contributed by atoms with van der Waals surface area (Å²) in [5.74, 6) is -1.09. The molecule has 1 spiro atoms. The van der Waals surface area contributed by atoms with Gasteiger partial charge in [0.1, 0.15) is 23.0 Å². The van der Waals surface area contributed by atoms with Crippen LogP contribution in [0.25, 0.3) is 22.4 Å². The number of aryl methyl sites for hydroxylation is 1. The van der Waals surface area contributed by atoms with Crippen LogP contribution in [0.2, 0.25) is 0 Å². The molecule has 5 rings (SSSR count). The Morgan fingerprint density at radius 3 is 2.38 bits per heavy atom. The van der Waals surface area contributed by atoms with Crippen LogP contribution in [-0.4, -0.2) is 40.7 Å². The maximum atomic E-state index is 15.3. The highest BCUT2D eigenvalue weighted by Gasteiger charge is 2.39. The van der Waals surface area contributed by atoms with Crippen molar-refractivity contribution in [3.8, 4) is 22.4 Å². The van der Waals surface area contributed by atoms with Gasteiger partial charge in [0.15, 0.2) is 0 Å². The van der Waals surface area contributed by atoms with E-state index in [1.54, 1.807) is 17.3 Å². The van der Waals surface area contributed by atoms with Crippen LogP contribution in [0.5, 0.6) is 0 Å². The number of aromatic amines is 1. The second-order valence-electron chi connectivity index (χ2n) is 8.86. The van der Waals surface area contributed by atoms with Crippen LogP contribution < -0.4 is 10.2 Å². The van der Waals surface area contributed by atoms with Crippen LogP contribution in [0.1, 0.15) is 31.4 Å². The number of H-pyrrole nitrogens is 1. The molecule has 3 aromatic rings. The Kier molecular flexibility index (Phi) is 5.15. The smallest absolute Gasteiger partial charge is 0.220 e. The quantitative estimate of drug-likeness (QED) is 0.643. The van der Waals surface area contributed by atoms with E-state index in [2.05, 4.69) is 20.5 Å². The van der Waals surface area contributed by atoms with Crippen molar-refractivity contribution in [2.75, 3.05) is 24.5 Å². The van der Waals surface area contributed by atoms with E-state index in [-0.39, 0.29) is 17.0 Å². The summed E-state index contributed by atoms with van der Waals surface area (Å²) in [6.45, 7) is 3.59. The number of halogens is 2. The highest BCUT2D eigenvalue weighted by Crippen LogP contribution is 2.42. The minimum atomic E-state index is -0.585. The lowest BCUT2D eigenvalue weighted by Gasteiger charge is -2.44. The SMILES string of the molecule is Cc1[nH]nc(-c2ccncc2)c1-c1cc(F)c(N2CCC3(CCNC(=O)C3)CC2)c(F)c1. The lowest BCUT2D eigenvalue weighted by atomic mass is 9.71. The summed E-state index contributed by atoms with van der Waals surface area (Å²) < 4.78 is 30.5. The molecular formula is C24H25F2N5O. The van der Waals surface area contributed by atoms with Crippen LogP contribution in [0.3, 0.4) is 0 Å². The van der Waals surface area contributed by atoms with Gasteiger partial charge in [-0.3, -0.25) is 14.9 Å². The number of nitrogens with zero attached hydrogens (tertiary/aromatic N) is 3. The summed E-state index contributed by atoms with van der Waals surface area (Å²) in [5.41, 5.74) is 3.27. The predicted octanol–water partition coefficient (Wildman–Crippen LogP) is 4.22. The molecule has 2 fully saturated rings. The van der Waals surface area contributed by atoms with Gasteiger partial charge in [-0.2, -0.15) is 5.10 Å². The number of hydrogen-bond donors (Lipinski definition) is 2. The maximum absolute atomic E-state index is 15.3. The number of anilines is 1. The first-order valence-corrected chi connectivity index (χ1v) is 10.9. The zero-order valence-electron chi connectivity index (χ0n) is 17.9. The third kappa shape index (κ3) is 3.63. The van der Waals surface area contributed by atoms with Crippen LogP contribution in [0.4, 0.5) is 14.5 Å². The van der Waals surface area contributed by atoms with Gasteiger partial charge in [-0.15, -0.1) is 0 Å². The van der Waals surface area contributed by atoms with Gasteiger partial charge in [0, 0.05) is 55.3 Å². The van der Waals surface area contributed by atoms with Crippen molar-refractivity contribution >= 4 is 11.6 Å². The predicted molar refractivity (Wildman–Crippen MR) is 118 cm³/mol. The Labute approximate surface area is 185 Å². The first-order chi connectivity index (χ1) is 15.5. The number of nitrogens with one attached hydrogen (secondary N) is 2. The second-order valence-corrected chi connectivity index (χ2v) is 8.86. The normalized spacial score (nSPS) is 18.1. The Morgan fingerprint density at radius 1 is 1.03 bits per heavy atom. The number of amides is 1. The highest BCUT2D eigenvalue weighted by molar-refractivity contribution is 5.83. The zero-order valence-corrected chi connectivity index (χ0v) is 17.9. The standard InChI is InChI=1S/C24H25F2N5O/c1-15-21(22(30-29-15)16-2-7-27-8-3-16)17-12-18(25)23(19(26)13-17)31-10-5-24(6-11-31)4-9-28-20(32)14-24/h2-3,7-8,12-13H,4-6,9-11,14H2,1H3,(H,28,32)(H,29,30). The van der Waals surface area contributed by atoms with Gasteiger partial charge in [0.05, 0.1) is 0 Å². The average Bonchev–Trinajstić information content (AvgIpc) is 3.17. The van der Waals surface area contributed by atoms with Gasteiger partial charge in [-0.05, 0) is 61.4 Å². The van der Waals surface area contributed by atoms with E-state index in [0.29, 0.717) is 42.9 Å². The molecule has 8 heteroatoms. The van der Waals surface area contributed by atoms with Crippen LogP contribution >= 0.6 is 0 Å². The van der Waals surface area contributed by atoms with Crippen LogP contribution in [0.15, 0.2) is 36.7 Å². The van der Waals surface area contributed by atoms with Crippen LogP contribution in [0, 0.1) is 24.0 Å². The Hall–Kier alpha value is -3.29. The molecule has 6 nitrogen and oxygen atoms in total. The molecule has 0 unspecified atom stereocenters. The minimum absolute atomic E-state index is 0.00969. The zero-order chi connectivity index (χ0) is 22.3. The molecule has 32 heavy (non-hydrogen) atoms. The van der Waals surface area contributed by atoms with E-state index in [9.17, 15) is 4.79 Å². The van der Waals surface area contributed by atoms with Crippen molar-refractivity contribution in [3.63, 3.8) is 0 Å². The monoisotopic (exact) mass is 437 g/mol. The van der Waals surface area contributed by atoms with Crippen molar-refractivity contribution in [1.29, 1.82) is 0 Å². The van der Waals surface area contributed by atoms with Crippen molar-refractivity contribution < 1.29 is 13.6 Å². The van der Waals surface area contributed by atoms with E-state index in [4.69, 9.17) is 0 Å². The van der Waals surface area contributed by atoms with Gasteiger partial charge in [0.25, 0.3) is 0 Å². The minimum Gasteiger partial charge on any atom is -0.367 e. The lowest BCUT2D eigenvalue weighted by Crippen LogP contribution is -2.48. The fraction of sp³-hybridized carbons (Fsp3) is 0.375. The van der Waals surface area contributed by atoms with E-state index in [1.165, 1.54) is 12.1 Å². The molecule has 2 N–H and O–H groups in total. The van der Waals surface area contributed by atoms with E-state index in [0.717, 1.165) is 30.5 Å². The van der Waals surface area contributed by atoms with Crippen molar-refractivity contribution in [2.24, 2.45) is 5.41 Å². The van der Waals surface area contributed by atoms with Gasteiger partial charge in [0.2, 0.25) is 5.91 Å². The second kappa shape index (κ2) is 8.00. The molecule has 2 aliphatic heterocycles. The van der Waals surface area contributed by atoms with E-state index >= 15 is 8.78 Å². The summed E-state index contributed by atoms with van der Waals surface area (Å²) in [6, 6.07) is 6.41. The van der Waals surface area contributed by atoms with Gasteiger partial charge >= 0.3 is 0 Å². The summed E-state index contributed by atoms with van der Waals surface area (Å²) >= 11 is 0. The van der Waals surface area contributed by atoms with Gasteiger partial charge < -0.3 is 10.2 Å². The molecule has 2 saturated heterocycles. The highest BCUT2D eigenvalue weighted by atomic mass is 19.1. The molecule has 2 aliphatic rings. The van der Waals surface area contributed by atoms with Gasteiger partial charge in [-0.25, -0.2) is 8.78 Å². The van der Waals surface area contributed by atoms with Crippen molar-refractivity contribution in [3.05, 3.63) is 54.0 Å².